The van der Waals surface area contributed by atoms with Gasteiger partial charge in [-0.1, -0.05) is 35.3 Å². The molecule has 160 valence electrons. The molecule has 1 fully saturated rings. The fourth-order valence-electron chi connectivity index (χ4n) is 3.45. The first-order valence-electron chi connectivity index (χ1n) is 9.40. The Morgan fingerprint density at radius 3 is 2.42 bits per heavy atom. The van der Waals surface area contributed by atoms with Gasteiger partial charge in [0.1, 0.15) is 12.1 Å². The third-order valence-electron chi connectivity index (χ3n) is 4.94. The van der Waals surface area contributed by atoms with E-state index in [9.17, 15) is 14.5 Å². The van der Waals surface area contributed by atoms with Gasteiger partial charge in [-0.3, -0.25) is 10.1 Å². The van der Waals surface area contributed by atoms with Crippen LogP contribution in [0.2, 0.25) is 10.0 Å². The normalized spacial score (nSPS) is 13.9. The van der Waals surface area contributed by atoms with Crippen LogP contribution in [0.25, 0.3) is 0 Å². The molecule has 3 aromatic rings. The van der Waals surface area contributed by atoms with Crippen molar-refractivity contribution in [2.45, 2.75) is 0 Å². The maximum Gasteiger partial charge on any atom is 0.353 e. The van der Waals surface area contributed by atoms with Crippen molar-refractivity contribution in [3.63, 3.8) is 0 Å². The van der Waals surface area contributed by atoms with Gasteiger partial charge in [0.05, 0.1) is 21.3 Å². The number of nitro groups is 1. The van der Waals surface area contributed by atoms with Crippen molar-refractivity contribution in [3.8, 4) is 0 Å². The summed E-state index contributed by atoms with van der Waals surface area (Å²) in [5.74, 6) is -0.0770. The molecule has 0 bridgehead atoms. The third kappa shape index (κ3) is 4.47. The zero-order chi connectivity index (χ0) is 22.0. The second-order valence-electron chi connectivity index (χ2n) is 6.83. The molecule has 1 N–H and O–H groups in total. The molecule has 0 saturated carbocycles. The van der Waals surface area contributed by atoms with Crippen LogP contribution in [0.5, 0.6) is 0 Å². The molecule has 31 heavy (non-hydrogen) atoms. The molecule has 1 saturated heterocycles. The Morgan fingerprint density at radius 2 is 1.74 bits per heavy atom. The van der Waals surface area contributed by atoms with Crippen molar-refractivity contribution in [3.05, 3.63) is 74.8 Å². The second kappa shape index (κ2) is 8.91. The summed E-state index contributed by atoms with van der Waals surface area (Å²) in [4.78, 5) is 23.3. The maximum atomic E-state index is 14.1. The summed E-state index contributed by atoms with van der Waals surface area (Å²) in [6.07, 6.45) is 1.26. The molecule has 1 aromatic heterocycles. The van der Waals surface area contributed by atoms with Crippen LogP contribution in [-0.4, -0.2) is 41.1 Å². The second-order valence-corrected chi connectivity index (χ2v) is 7.67. The van der Waals surface area contributed by atoms with Crippen molar-refractivity contribution in [2.24, 2.45) is 0 Å². The first-order valence-corrected chi connectivity index (χ1v) is 10.2. The van der Waals surface area contributed by atoms with Gasteiger partial charge >= 0.3 is 5.69 Å². The van der Waals surface area contributed by atoms with Crippen LogP contribution in [-0.2, 0) is 0 Å². The van der Waals surface area contributed by atoms with Gasteiger partial charge in [0.15, 0.2) is 0 Å². The van der Waals surface area contributed by atoms with Crippen molar-refractivity contribution in [1.82, 2.24) is 9.97 Å². The number of hydrogen-bond donors (Lipinski definition) is 1. The molecule has 0 unspecified atom stereocenters. The van der Waals surface area contributed by atoms with E-state index >= 15 is 0 Å². The highest BCUT2D eigenvalue weighted by molar-refractivity contribution is 6.36. The standard InChI is InChI=1S/C20H17Cl2FN6O2/c21-13-5-6-16(14(22)11-13)26-19-18(29(30)31)20(25-12-24-19)28-9-7-27(8-10-28)17-4-2-1-3-15(17)23/h1-6,11-12H,7-10H2,(H,24,25,26). The highest BCUT2D eigenvalue weighted by Crippen LogP contribution is 2.36. The number of nitrogens with one attached hydrogen (secondary N) is 1. The quantitative estimate of drug-likeness (QED) is 0.425. The predicted octanol–water partition coefficient (Wildman–Crippen LogP) is 4.90. The molecular weight excluding hydrogens is 446 g/mol. The summed E-state index contributed by atoms with van der Waals surface area (Å²) in [7, 11) is 0. The minimum atomic E-state index is -0.523. The van der Waals surface area contributed by atoms with Crippen LogP contribution < -0.4 is 15.1 Å². The fourth-order valence-corrected chi connectivity index (χ4v) is 3.90. The lowest BCUT2D eigenvalue weighted by Gasteiger charge is -2.36. The minimum absolute atomic E-state index is 0.0238. The van der Waals surface area contributed by atoms with E-state index in [1.54, 1.807) is 35.2 Å². The van der Waals surface area contributed by atoms with Gasteiger partial charge in [0.25, 0.3) is 0 Å². The Bertz CT molecular complexity index is 1120. The van der Waals surface area contributed by atoms with E-state index in [0.29, 0.717) is 47.6 Å². The highest BCUT2D eigenvalue weighted by Gasteiger charge is 2.30. The van der Waals surface area contributed by atoms with Gasteiger partial charge in [0.2, 0.25) is 11.6 Å². The zero-order valence-corrected chi connectivity index (χ0v) is 17.6. The number of piperazine rings is 1. The Hall–Kier alpha value is -3.17. The number of aromatic nitrogens is 2. The predicted molar refractivity (Wildman–Crippen MR) is 119 cm³/mol. The molecule has 0 atom stereocenters. The third-order valence-corrected chi connectivity index (χ3v) is 5.49. The molecule has 11 heteroatoms. The molecule has 0 amide bonds. The first kappa shape index (κ1) is 21.1. The number of benzene rings is 2. The number of para-hydroxylation sites is 1. The Kier molecular flexibility index (Phi) is 6.06. The molecule has 0 spiro atoms. The van der Waals surface area contributed by atoms with Crippen LogP contribution >= 0.6 is 23.2 Å². The van der Waals surface area contributed by atoms with Gasteiger partial charge in [-0.2, -0.15) is 0 Å². The Labute approximate surface area is 187 Å². The van der Waals surface area contributed by atoms with Gasteiger partial charge in [-0.25, -0.2) is 14.4 Å². The summed E-state index contributed by atoms with van der Waals surface area (Å²) in [6, 6.07) is 11.3. The molecule has 2 aromatic carbocycles. The average Bonchev–Trinajstić information content (AvgIpc) is 2.76. The minimum Gasteiger partial charge on any atom is -0.366 e. The van der Waals surface area contributed by atoms with E-state index in [1.807, 2.05) is 4.90 Å². The van der Waals surface area contributed by atoms with Crippen molar-refractivity contribution >= 4 is 51.9 Å². The van der Waals surface area contributed by atoms with E-state index in [1.165, 1.54) is 18.5 Å². The number of hydrogen-bond acceptors (Lipinski definition) is 7. The van der Waals surface area contributed by atoms with Crippen molar-refractivity contribution in [1.29, 1.82) is 0 Å². The molecule has 0 aliphatic carbocycles. The molecule has 1 aliphatic rings. The zero-order valence-electron chi connectivity index (χ0n) is 16.1. The van der Waals surface area contributed by atoms with Crippen LogP contribution in [0.15, 0.2) is 48.8 Å². The topological polar surface area (TPSA) is 87.4 Å². The van der Waals surface area contributed by atoms with E-state index < -0.39 is 4.92 Å². The van der Waals surface area contributed by atoms with Crippen LogP contribution in [0, 0.1) is 15.9 Å². The van der Waals surface area contributed by atoms with Gasteiger partial charge < -0.3 is 15.1 Å². The van der Waals surface area contributed by atoms with Gasteiger partial charge in [0, 0.05) is 31.2 Å². The number of halogens is 3. The molecule has 4 rings (SSSR count). The maximum absolute atomic E-state index is 14.1. The van der Waals surface area contributed by atoms with E-state index in [0.717, 1.165) is 0 Å². The summed E-state index contributed by atoms with van der Waals surface area (Å²) < 4.78 is 14.1. The summed E-state index contributed by atoms with van der Waals surface area (Å²) >= 11 is 12.1. The average molecular weight is 463 g/mol. The lowest BCUT2D eigenvalue weighted by molar-refractivity contribution is -0.383. The van der Waals surface area contributed by atoms with Crippen molar-refractivity contribution < 1.29 is 9.31 Å². The van der Waals surface area contributed by atoms with Crippen LogP contribution in [0.4, 0.5) is 33.1 Å². The van der Waals surface area contributed by atoms with Crippen molar-refractivity contribution in [2.75, 3.05) is 41.3 Å². The molecule has 2 heterocycles. The first-order chi connectivity index (χ1) is 14.9. The van der Waals surface area contributed by atoms with Gasteiger partial charge in [-0.15, -0.1) is 0 Å². The Balaban J connectivity index is 1.58. The summed E-state index contributed by atoms with van der Waals surface area (Å²) in [5, 5.41) is 15.5. The van der Waals surface area contributed by atoms with Gasteiger partial charge in [-0.05, 0) is 30.3 Å². The molecular formula is C20H17Cl2FN6O2. The lowest BCUT2D eigenvalue weighted by Crippen LogP contribution is -2.47. The smallest absolute Gasteiger partial charge is 0.353 e. The SMILES string of the molecule is O=[N+]([O-])c1c(Nc2ccc(Cl)cc2Cl)ncnc1N1CCN(c2ccccc2F)CC1. The van der Waals surface area contributed by atoms with E-state index in [-0.39, 0.29) is 23.1 Å². The molecule has 8 nitrogen and oxygen atoms in total. The largest absolute Gasteiger partial charge is 0.366 e. The number of rotatable bonds is 5. The lowest BCUT2D eigenvalue weighted by atomic mass is 10.2. The highest BCUT2D eigenvalue weighted by atomic mass is 35.5. The van der Waals surface area contributed by atoms with Crippen LogP contribution in [0.1, 0.15) is 0 Å². The summed E-state index contributed by atoms with van der Waals surface area (Å²) in [6.45, 7) is 1.86. The Morgan fingerprint density at radius 1 is 1.03 bits per heavy atom. The van der Waals surface area contributed by atoms with E-state index in [2.05, 4.69) is 15.3 Å². The monoisotopic (exact) mass is 462 g/mol. The molecule has 0 radical (unpaired) electrons. The summed E-state index contributed by atoms with van der Waals surface area (Å²) in [5.41, 5.74) is 0.690. The number of nitrogens with zero attached hydrogens (tertiary/aromatic N) is 5. The molecule has 1 aliphatic heterocycles. The van der Waals surface area contributed by atoms with Crippen LogP contribution in [0.3, 0.4) is 0 Å². The fraction of sp³-hybridized carbons (Fsp3) is 0.200. The van der Waals surface area contributed by atoms with E-state index in [4.69, 9.17) is 23.2 Å². The number of anilines is 4.